The van der Waals surface area contributed by atoms with Crippen molar-refractivity contribution in [3.05, 3.63) is 64.7 Å². The zero-order valence-corrected chi connectivity index (χ0v) is 18.8. The van der Waals surface area contributed by atoms with Crippen molar-refractivity contribution in [1.82, 2.24) is 9.80 Å². The van der Waals surface area contributed by atoms with Gasteiger partial charge in [0, 0.05) is 37.4 Å². The zero-order valence-electron chi connectivity index (χ0n) is 18.8. The molecular weight excluding hydrogens is 400 g/mol. The number of carbonyl (C=O) groups is 2. The Labute approximate surface area is 189 Å². The van der Waals surface area contributed by atoms with Gasteiger partial charge in [-0.05, 0) is 73.4 Å². The molecule has 0 spiro atoms. The molecule has 1 atom stereocenters. The second-order valence-electron chi connectivity index (χ2n) is 9.10. The smallest absolute Gasteiger partial charge is 0.321 e. The molecule has 0 radical (unpaired) electrons. The Morgan fingerprint density at radius 3 is 2.31 bits per heavy atom. The molecule has 0 aromatic heterocycles. The van der Waals surface area contributed by atoms with Gasteiger partial charge in [-0.25, -0.2) is 4.79 Å². The highest BCUT2D eigenvalue weighted by atomic mass is 16.2. The standard InChI is InChI=1S/C26H30N4O2/c1-18-9-12-30(17-18)26(32)28-24-15-23(6-3-19(24)2)25(31)29-13-10-22(11-14-29)21-7-4-20(16-27)5-8-21/h3-8,15,18,22H,9-14,17H2,1-2H3,(H,28,32). The van der Waals surface area contributed by atoms with Crippen LogP contribution in [0, 0.1) is 24.2 Å². The monoisotopic (exact) mass is 430 g/mol. The van der Waals surface area contributed by atoms with Crippen molar-refractivity contribution in [1.29, 1.82) is 5.26 Å². The lowest BCUT2D eigenvalue weighted by atomic mass is 9.89. The van der Waals surface area contributed by atoms with E-state index in [0.717, 1.165) is 37.9 Å². The number of nitrogens with zero attached hydrogens (tertiary/aromatic N) is 3. The molecular formula is C26H30N4O2. The number of hydrogen-bond acceptors (Lipinski definition) is 3. The van der Waals surface area contributed by atoms with Gasteiger partial charge in [-0.1, -0.05) is 25.1 Å². The van der Waals surface area contributed by atoms with Gasteiger partial charge in [-0.3, -0.25) is 4.79 Å². The maximum atomic E-state index is 13.1. The molecule has 2 aromatic carbocycles. The minimum atomic E-state index is -0.0923. The van der Waals surface area contributed by atoms with E-state index in [1.807, 2.05) is 59.2 Å². The van der Waals surface area contributed by atoms with Crippen molar-refractivity contribution in [3.8, 4) is 6.07 Å². The summed E-state index contributed by atoms with van der Waals surface area (Å²) >= 11 is 0. The molecule has 0 saturated carbocycles. The third kappa shape index (κ3) is 4.77. The van der Waals surface area contributed by atoms with Gasteiger partial charge in [0.25, 0.3) is 5.91 Å². The Kier molecular flexibility index (Phi) is 6.45. The number of carbonyl (C=O) groups excluding carboxylic acids is 2. The van der Waals surface area contributed by atoms with Gasteiger partial charge in [-0.2, -0.15) is 5.26 Å². The Bertz CT molecular complexity index is 1030. The van der Waals surface area contributed by atoms with Crippen LogP contribution in [-0.2, 0) is 0 Å². The summed E-state index contributed by atoms with van der Waals surface area (Å²) in [6, 6.07) is 15.4. The highest BCUT2D eigenvalue weighted by Crippen LogP contribution is 2.29. The number of urea groups is 1. The minimum Gasteiger partial charge on any atom is -0.339 e. The van der Waals surface area contributed by atoms with Crippen LogP contribution >= 0.6 is 0 Å². The fourth-order valence-corrected chi connectivity index (χ4v) is 4.63. The van der Waals surface area contributed by atoms with Crippen LogP contribution in [-0.4, -0.2) is 47.9 Å². The molecule has 0 bridgehead atoms. The van der Waals surface area contributed by atoms with E-state index < -0.39 is 0 Å². The van der Waals surface area contributed by atoms with Crippen molar-refractivity contribution in [3.63, 3.8) is 0 Å². The van der Waals surface area contributed by atoms with E-state index >= 15 is 0 Å². The Morgan fingerprint density at radius 2 is 1.69 bits per heavy atom. The molecule has 2 aliphatic rings. The molecule has 1 unspecified atom stereocenters. The highest BCUT2D eigenvalue weighted by molar-refractivity contribution is 5.97. The van der Waals surface area contributed by atoms with E-state index in [-0.39, 0.29) is 11.9 Å². The van der Waals surface area contributed by atoms with Gasteiger partial charge in [0.15, 0.2) is 0 Å². The summed E-state index contributed by atoms with van der Waals surface area (Å²) in [7, 11) is 0. The molecule has 2 aromatic rings. The maximum Gasteiger partial charge on any atom is 0.321 e. The number of nitrogens with one attached hydrogen (secondary N) is 1. The van der Waals surface area contributed by atoms with Gasteiger partial charge < -0.3 is 15.1 Å². The quantitative estimate of drug-likeness (QED) is 0.763. The van der Waals surface area contributed by atoms with Crippen LogP contribution in [0.15, 0.2) is 42.5 Å². The number of likely N-dealkylation sites (tertiary alicyclic amines) is 2. The van der Waals surface area contributed by atoms with Gasteiger partial charge in [0.1, 0.15) is 0 Å². The number of nitriles is 1. The number of aryl methyl sites for hydroxylation is 1. The van der Waals surface area contributed by atoms with Crippen LogP contribution in [0.3, 0.4) is 0 Å². The number of piperidine rings is 1. The summed E-state index contributed by atoms with van der Waals surface area (Å²) in [4.78, 5) is 29.5. The van der Waals surface area contributed by atoms with Gasteiger partial charge >= 0.3 is 6.03 Å². The van der Waals surface area contributed by atoms with Crippen molar-refractivity contribution in [2.24, 2.45) is 5.92 Å². The number of amides is 3. The number of rotatable bonds is 3. The second kappa shape index (κ2) is 9.44. The molecule has 166 valence electrons. The normalized spacial score (nSPS) is 19.0. The Hall–Kier alpha value is -3.33. The summed E-state index contributed by atoms with van der Waals surface area (Å²) in [5.74, 6) is 0.943. The second-order valence-corrected chi connectivity index (χ2v) is 9.10. The van der Waals surface area contributed by atoms with Crippen molar-refractivity contribution in [2.75, 3.05) is 31.5 Å². The third-order valence-corrected chi connectivity index (χ3v) is 6.73. The number of benzene rings is 2. The van der Waals surface area contributed by atoms with E-state index in [4.69, 9.17) is 5.26 Å². The van der Waals surface area contributed by atoms with Crippen LogP contribution < -0.4 is 5.32 Å². The maximum absolute atomic E-state index is 13.1. The zero-order chi connectivity index (χ0) is 22.7. The lowest BCUT2D eigenvalue weighted by Crippen LogP contribution is -2.38. The third-order valence-electron chi connectivity index (χ3n) is 6.73. The van der Waals surface area contributed by atoms with Crippen molar-refractivity contribution < 1.29 is 9.59 Å². The lowest BCUT2D eigenvalue weighted by Gasteiger charge is -2.32. The summed E-state index contributed by atoms with van der Waals surface area (Å²) in [5, 5.41) is 12.0. The van der Waals surface area contributed by atoms with Crippen LogP contribution in [0.4, 0.5) is 10.5 Å². The molecule has 1 N–H and O–H groups in total. The topological polar surface area (TPSA) is 76.4 Å². The van der Waals surface area contributed by atoms with Crippen LogP contribution in [0.1, 0.15) is 59.2 Å². The van der Waals surface area contributed by atoms with E-state index in [1.165, 1.54) is 5.56 Å². The predicted molar refractivity (Wildman–Crippen MR) is 125 cm³/mol. The fourth-order valence-electron chi connectivity index (χ4n) is 4.63. The first-order valence-corrected chi connectivity index (χ1v) is 11.4. The van der Waals surface area contributed by atoms with Crippen molar-refractivity contribution in [2.45, 2.75) is 39.0 Å². The van der Waals surface area contributed by atoms with Gasteiger partial charge in [0.2, 0.25) is 0 Å². The molecule has 4 rings (SSSR count). The highest BCUT2D eigenvalue weighted by Gasteiger charge is 2.26. The first-order chi connectivity index (χ1) is 15.4. The Balaban J connectivity index is 1.38. The van der Waals surface area contributed by atoms with Gasteiger partial charge in [0.05, 0.1) is 11.6 Å². The first-order valence-electron chi connectivity index (χ1n) is 11.4. The van der Waals surface area contributed by atoms with E-state index in [9.17, 15) is 9.59 Å². The number of anilines is 1. The summed E-state index contributed by atoms with van der Waals surface area (Å²) in [5.41, 5.74) is 4.16. The minimum absolute atomic E-state index is 0.00794. The summed E-state index contributed by atoms with van der Waals surface area (Å²) in [6.07, 6.45) is 2.84. The average molecular weight is 431 g/mol. The number of hydrogen-bond donors (Lipinski definition) is 1. The predicted octanol–water partition coefficient (Wildman–Crippen LogP) is 4.76. The molecule has 6 heteroatoms. The molecule has 2 saturated heterocycles. The average Bonchev–Trinajstić information content (AvgIpc) is 3.26. The molecule has 3 amide bonds. The SMILES string of the molecule is Cc1ccc(C(=O)N2CCC(c3ccc(C#N)cc3)CC2)cc1NC(=O)N1CCC(C)C1. The van der Waals surface area contributed by atoms with Gasteiger partial charge in [-0.15, -0.1) is 0 Å². The summed E-state index contributed by atoms with van der Waals surface area (Å²) in [6.45, 7) is 7.05. The summed E-state index contributed by atoms with van der Waals surface area (Å²) < 4.78 is 0. The molecule has 6 nitrogen and oxygen atoms in total. The Morgan fingerprint density at radius 1 is 1.00 bits per heavy atom. The van der Waals surface area contributed by atoms with Crippen LogP contribution in [0.2, 0.25) is 0 Å². The lowest BCUT2D eigenvalue weighted by molar-refractivity contribution is 0.0713. The molecule has 2 heterocycles. The van der Waals surface area contributed by atoms with E-state index in [0.29, 0.717) is 41.7 Å². The van der Waals surface area contributed by atoms with E-state index in [1.54, 1.807) is 0 Å². The van der Waals surface area contributed by atoms with Crippen LogP contribution in [0.25, 0.3) is 0 Å². The molecule has 0 aliphatic carbocycles. The van der Waals surface area contributed by atoms with Crippen LogP contribution in [0.5, 0.6) is 0 Å². The van der Waals surface area contributed by atoms with Crippen molar-refractivity contribution >= 4 is 17.6 Å². The molecule has 32 heavy (non-hydrogen) atoms. The molecule has 2 aliphatic heterocycles. The fraction of sp³-hybridized carbons (Fsp3) is 0.423. The first kappa shape index (κ1) is 21.9. The van der Waals surface area contributed by atoms with E-state index in [2.05, 4.69) is 18.3 Å². The largest absolute Gasteiger partial charge is 0.339 e. The molecule has 2 fully saturated rings.